The molecule has 6 aromatic rings. The number of benzene rings is 2. The van der Waals surface area contributed by atoms with Crippen LogP contribution in [0.5, 0.6) is 0 Å². The summed E-state index contributed by atoms with van der Waals surface area (Å²) >= 11 is 0. The third-order valence-electron chi connectivity index (χ3n) is 4.81. The maximum absolute atomic E-state index is 4.03. The van der Waals surface area contributed by atoms with Gasteiger partial charge >= 0.3 is 25.8 Å². The van der Waals surface area contributed by atoms with Crippen LogP contribution >= 0.6 is 0 Å². The first-order valence-electron chi connectivity index (χ1n) is 9.14. The largest absolute Gasteiger partial charge is 4.00 e. The average Bonchev–Trinajstić information content (AvgIpc) is 3.54. The van der Waals surface area contributed by atoms with Gasteiger partial charge in [0.25, 0.3) is 0 Å². The van der Waals surface area contributed by atoms with Crippen LogP contribution < -0.4 is 24.8 Å². The van der Waals surface area contributed by atoms with Gasteiger partial charge in [-0.1, -0.05) is 12.1 Å². The molecule has 31 heavy (non-hydrogen) atoms. The van der Waals surface area contributed by atoms with Crippen molar-refractivity contribution in [1.82, 2.24) is 19.1 Å². The van der Waals surface area contributed by atoms with Crippen molar-refractivity contribution in [1.29, 1.82) is 0 Å². The molecule has 152 valence electrons. The van der Waals surface area contributed by atoms with Gasteiger partial charge in [0.2, 0.25) is 0 Å². The van der Waals surface area contributed by atoms with Crippen LogP contribution in [-0.4, -0.2) is 19.1 Å². The predicted molar refractivity (Wildman–Crippen MR) is 113 cm³/mol. The van der Waals surface area contributed by atoms with Crippen LogP contribution in [0.15, 0.2) is 110 Å². The van der Waals surface area contributed by atoms with E-state index in [9.17, 15) is 0 Å². The van der Waals surface area contributed by atoms with Crippen molar-refractivity contribution in [3.63, 3.8) is 0 Å². The minimum absolute atomic E-state index is 0. The first-order valence-corrected chi connectivity index (χ1v) is 9.14. The molecule has 0 unspecified atom stereocenters. The van der Waals surface area contributed by atoms with Crippen molar-refractivity contribution in [3.8, 4) is 11.4 Å². The molecule has 4 aromatic carbocycles. The van der Waals surface area contributed by atoms with E-state index in [1.807, 2.05) is 34.2 Å². The molecular weight excluding hydrogens is 594 g/mol. The molecule has 0 fully saturated rings. The van der Waals surface area contributed by atoms with Crippen LogP contribution in [0.2, 0.25) is 0 Å². The van der Waals surface area contributed by atoms with Gasteiger partial charge in [0.1, 0.15) is 0 Å². The minimum Gasteiger partial charge on any atom is -1.00 e. The fourth-order valence-corrected chi connectivity index (χ4v) is 3.39. The molecule has 0 saturated heterocycles. The molecule has 0 radical (unpaired) electrons. The van der Waals surface area contributed by atoms with Gasteiger partial charge in [-0.15, -0.1) is 82.2 Å². The SMILES string of the molecule is [Cl-].[Cl-].[Hf+4].c1ccc2[cH-]c(-n3ccnc3)cc2c1.c1ccc2[cH-]c(-n3ccnc3)cc2c1. The van der Waals surface area contributed by atoms with E-state index < -0.39 is 0 Å². The first kappa shape index (κ1) is 24.8. The molecule has 4 nitrogen and oxygen atoms in total. The second-order valence-corrected chi connectivity index (χ2v) is 6.62. The third-order valence-corrected chi connectivity index (χ3v) is 4.81. The Bertz CT molecular complexity index is 1150. The van der Waals surface area contributed by atoms with Crippen molar-refractivity contribution in [2.45, 2.75) is 0 Å². The fourth-order valence-electron chi connectivity index (χ4n) is 3.39. The summed E-state index contributed by atoms with van der Waals surface area (Å²) < 4.78 is 4.03. The van der Waals surface area contributed by atoms with E-state index >= 15 is 0 Å². The molecule has 6 rings (SSSR count). The summed E-state index contributed by atoms with van der Waals surface area (Å²) in [5.41, 5.74) is 2.34. The van der Waals surface area contributed by atoms with Gasteiger partial charge in [-0.3, -0.25) is 0 Å². The van der Waals surface area contributed by atoms with Crippen molar-refractivity contribution >= 4 is 21.5 Å². The number of hydrogen-bond donors (Lipinski definition) is 0. The molecule has 0 atom stereocenters. The quantitative estimate of drug-likeness (QED) is 0.196. The topological polar surface area (TPSA) is 35.6 Å². The van der Waals surface area contributed by atoms with Gasteiger partial charge in [-0.25, -0.2) is 9.97 Å². The molecule has 0 aliphatic rings. The molecular formula is C24H18Cl2HfN4. The molecule has 0 N–H and O–H groups in total. The number of halogens is 2. The monoisotopic (exact) mass is 612 g/mol. The first-order chi connectivity index (χ1) is 13.9. The number of imidazole rings is 2. The molecule has 0 bridgehead atoms. The van der Waals surface area contributed by atoms with E-state index in [0.29, 0.717) is 0 Å². The summed E-state index contributed by atoms with van der Waals surface area (Å²) in [6.07, 6.45) is 11.1. The maximum atomic E-state index is 4.03. The maximum Gasteiger partial charge on any atom is 4.00 e. The molecule has 0 spiro atoms. The third kappa shape index (κ3) is 5.42. The summed E-state index contributed by atoms with van der Waals surface area (Å²) in [5, 5.41) is 5.10. The molecule has 2 heterocycles. The number of nitrogens with zero attached hydrogens (tertiary/aromatic N) is 4. The van der Waals surface area contributed by atoms with E-state index in [4.69, 9.17) is 0 Å². The zero-order chi connectivity index (χ0) is 18.8. The van der Waals surface area contributed by atoms with E-state index in [1.54, 1.807) is 12.4 Å². The van der Waals surface area contributed by atoms with Gasteiger partial charge in [0, 0.05) is 24.8 Å². The van der Waals surface area contributed by atoms with Crippen LogP contribution in [0, 0.1) is 0 Å². The van der Waals surface area contributed by atoms with Gasteiger partial charge < -0.3 is 33.9 Å². The number of hydrogen-bond acceptors (Lipinski definition) is 2. The summed E-state index contributed by atoms with van der Waals surface area (Å²) in [5.74, 6) is 0. The van der Waals surface area contributed by atoms with E-state index in [-0.39, 0.29) is 50.7 Å². The zero-order valence-electron chi connectivity index (χ0n) is 16.4. The van der Waals surface area contributed by atoms with Gasteiger partial charge in [-0.2, -0.15) is 0 Å². The molecule has 0 amide bonds. The van der Waals surface area contributed by atoms with Gasteiger partial charge in [0.05, 0.1) is 12.7 Å². The standard InChI is InChI=1S/2C12H9N2.2ClH.Hf/c2*1-2-4-11-8-12(7-10(11)3-1)14-6-5-13-9-14;;;/h2*1-9H;2*1H;/q2*-1;;;+4/p-2. The van der Waals surface area contributed by atoms with Gasteiger partial charge in [0.15, 0.2) is 0 Å². The van der Waals surface area contributed by atoms with Crippen LogP contribution in [-0.2, 0) is 25.8 Å². The van der Waals surface area contributed by atoms with Crippen molar-refractivity contribution < 1.29 is 50.7 Å². The van der Waals surface area contributed by atoms with Crippen LogP contribution in [0.1, 0.15) is 0 Å². The number of aromatic nitrogens is 4. The molecule has 0 aliphatic carbocycles. The second-order valence-electron chi connectivity index (χ2n) is 6.62. The summed E-state index contributed by atoms with van der Waals surface area (Å²) in [7, 11) is 0. The molecule has 2 aromatic heterocycles. The van der Waals surface area contributed by atoms with E-state index in [2.05, 4.69) is 82.8 Å². The van der Waals surface area contributed by atoms with Crippen LogP contribution in [0.4, 0.5) is 0 Å². The average molecular weight is 612 g/mol. The van der Waals surface area contributed by atoms with Crippen LogP contribution in [0.3, 0.4) is 0 Å². The van der Waals surface area contributed by atoms with Crippen molar-refractivity contribution in [2.24, 2.45) is 0 Å². The zero-order valence-corrected chi connectivity index (χ0v) is 21.5. The number of rotatable bonds is 2. The normalized spacial score (nSPS) is 9.81. The van der Waals surface area contributed by atoms with E-state index in [1.165, 1.54) is 32.9 Å². The fraction of sp³-hybridized carbons (Fsp3) is 0. The summed E-state index contributed by atoms with van der Waals surface area (Å²) in [6, 6.07) is 25.4. The Hall–Kier alpha value is -2.47. The summed E-state index contributed by atoms with van der Waals surface area (Å²) in [4.78, 5) is 8.06. The molecule has 0 saturated carbocycles. The Kier molecular flexibility index (Phi) is 8.99. The Morgan fingerprint density at radius 3 is 1.39 bits per heavy atom. The minimum atomic E-state index is 0. The number of fused-ring (bicyclic) bond motifs is 2. The van der Waals surface area contributed by atoms with Gasteiger partial charge in [-0.05, 0) is 11.4 Å². The van der Waals surface area contributed by atoms with Crippen molar-refractivity contribution in [3.05, 3.63) is 110 Å². The smallest absolute Gasteiger partial charge is 1.00 e. The van der Waals surface area contributed by atoms with Crippen LogP contribution in [0.25, 0.3) is 32.9 Å². The molecule has 7 heteroatoms. The Labute approximate surface area is 211 Å². The molecule has 0 aliphatic heterocycles. The van der Waals surface area contributed by atoms with E-state index in [0.717, 1.165) is 0 Å². The van der Waals surface area contributed by atoms with Crippen molar-refractivity contribution in [2.75, 3.05) is 0 Å². The Morgan fingerprint density at radius 1 is 0.613 bits per heavy atom. The Balaban J connectivity index is 0.000000201. The second kappa shape index (κ2) is 11.2. The Morgan fingerprint density at radius 2 is 1.03 bits per heavy atom. The summed E-state index contributed by atoms with van der Waals surface area (Å²) in [6.45, 7) is 0. The predicted octanol–water partition coefficient (Wildman–Crippen LogP) is -0.506.